The molecular weight excluding hydrogens is 434 g/mol. The molecule has 7 nitrogen and oxygen atoms in total. The van der Waals surface area contributed by atoms with Crippen LogP contribution in [0, 0.1) is 13.8 Å². The minimum Gasteiger partial charge on any atom is -0.507 e. The van der Waals surface area contributed by atoms with Gasteiger partial charge in [0.15, 0.2) is 0 Å². The van der Waals surface area contributed by atoms with Crippen LogP contribution in [0.2, 0.25) is 0 Å². The molecule has 2 aromatic rings. The Bertz CT molecular complexity index is 1110. The SMILES string of the molecule is CCOc1ccc(C2/C(=C(\O)c3cc(C)cc(C)c3OC)C(=O)C(=O)N2CC2CCCO2)cc1. The van der Waals surface area contributed by atoms with Crippen LogP contribution >= 0.6 is 0 Å². The summed E-state index contributed by atoms with van der Waals surface area (Å²) in [7, 11) is 1.52. The van der Waals surface area contributed by atoms with Crippen molar-refractivity contribution in [3.8, 4) is 11.5 Å². The second-order valence-electron chi connectivity index (χ2n) is 8.75. The van der Waals surface area contributed by atoms with Crippen LogP contribution in [0.25, 0.3) is 5.76 Å². The molecule has 0 aromatic heterocycles. The molecule has 0 spiro atoms. The maximum absolute atomic E-state index is 13.3. The zero-order valence-corrected chi connectivity index (χ0v) is 20.1. The first kappa shape index (κ1) is 23.8. The molecule has 2 atom stereocenters. The van der Waals surface area contributed by atoms with Gasteiger partial charge in [-0.3, -0.25) is 9.59 Å². The fourth-order valence-electron chi connectivity index (χ4n) is 4.88. The van der Waals surface area contributed by atoms with Gasteiger partial charge in [-0.05, 0) is 68.5 Å². The summed E-state index contributed by atoms with van der Waals surface area (Å²) in [6.45, 7) is 7.14. The predicted octanol–water partition coefficient (Wildman–Crippen LogP) is 4.31. The number of hydrogen-bond acceptors (Lipinski definition) is 6. The van der Waals surface area contributed by atoms with Gasteiger partial charge in [0.25, 0.3) is 11.7 Å². The molecule has 0 saturated carbocycles. The van der Waals surface area contributed by atoms with E-state index in [1.165, 1.54) is 12.0 Å². The van der Waals surface area contributed by atoms with Crippen LogP contribution in [-0.2, 0) is 14.3 Å². The normalized spacial score (nSPS) is 21.8. The molecule has 1 amide bonds. The summed E-state index contributed by atoms with van der Waals surface area (Å²) in [5.41, 5.74) is 2.90. The molecule has 1 N–H and O–H groups in total. The molecule has 2 unspecified atom stereocenters. The van der Waals surface area contributed by atoms with Gasteiger partial charge in [0.2, 0.25) is 0 Å². The molecule has 4 rings (SSSR count). The number of benzene rings is 2. The first-order valence-electron chi connectivity index (χ1n) is 11.6. The van der Waals surface area contributed by atoms with E-state index >= 15 is 0 Å². The number of carbonyl (C=O) groups excluding carboxylic acids is 2. The minimum absolute atomic E-state index is 0.0513. The molecule has 2 fully saturated rings. The highest BCUT2D eigenvalue weighted by Gasteiger charge is 2.47. The summed E-state index contributed by atoms with van der Waals surface area (Å²) in [4.78, 5) is 28.0. The Kier molecular flexibility index (Phi) is 6.93. The molecule has 0 bridgehead atoms. The van der Waals surface area contributed by atoms with Crippen molar-refractivity contribution in [2.75, 3.05) is 26.9 Å². The third kappa shape index (κ3) is 4.40. The number of ketones is 1. The van der Waals surface area contributed by atoms with Gasteiger partial charge >= 0.3 is 0 Å². The molecule has 2 aliphatic heterocycles. The maximum atomic E-state index is 13.3. The van der Waals surface area contributed by atoms with E-state index in [4.69, 9.17) is 14.2 Å². The standard InChI is InChI=1S/C27H31NO6/c1-5-33-19-10-8-18(9-11-19)23-22(24(29)21-14-16(2)13-17(3)26(21)32-4)25(30)27(31)28(23)15-20-7-6-12-34-20/h8-11,13-14,20,23,29H,5-7,12,15H2,1-4H3/b24-22+. The van der Waals surface area contributed by atoms with Crippen LogP contribution in [-0.4, -0.2) is 54.7 Å². The number of likely N-dealkylation sites (tertiary alicyclic amines) is 1. The molecular formula is C27H31NO6. The first-order valence-corrected chi connectivity index (χ1v) is 11.6. The van der Waals surface area contributed by atoms with Crippen LogP contribution in [0.1, 0.15) is 48.1 Å². The molecule has 0 radical (unpaired) electrons. The number of amides is 1. The van der Waals surface area contributed by atoms with Gasteiger partial charge in [-0.1, -0.05) is 18.2 Å². The van der Waals surface area contributed by atoms with E-state index in [9.17, 15) is 14.7 Å². The fraction of sp³-hybridized carbons (Fsp3) is 0.407. The average Bonchev–Trinajstić information content (AvgIpc) is 3.41. The summed E-state index contributed by atoms with van der Waals surface area (Å²) >= 11 is 0. The van der Waals surface area contributed by atoms with Gasteiger partial charge < -0.3 is 24.2 Å². The number of hydrogen-bond donors (Lipinski definition) is 1. The summed E-state index contributed by atoms with van der Waals surface area (Å²) in [6, 6.07) is 10.2. The van der Waals surface area contributed by atoms with Gasteiger partial charge in [-0.15, -0.1) is 0 Å². The van der Waals surface area contributed by atoms with Crippen molar-refractivity contribution in [2.45, 2.75) is 45.8 Å². The van der Waals surface area contributed by atoms with Crippen molar-refractivity contribution in [3.05, 3.63) is 64.2 Å². The van der Waals surface area contributed by atoms with Crippen LogP contribution in [0.15, 0.2) is 42.0 Å². The summed E-state index contributed by atoms with van der Waals surface area (Å²) < 4.78 is 16.9. The highest BCUT2D eigenvalue weighted by atomic mass is 16.5. The first-order chi connectivity index (χ1) is 16.3. The molecule has 34 heavy (non-hydrogen) atoms. The highest BCUT2D eigenvalue weighted by Crippen LogP contribution is 2.42. The van der Waals surface area contributed by atoms with Crippen molar-refractivity contribution in [2.24, 2.45) is 0 Å². The molecule has 2 saturated heterocycles. The van der Waals surface area contributed by atoms with E-state index in [-0.39, 0.29) is 24.0 Å². The molecule has 2 aliphatic rings. The van der Waals surface area contributed by atoms with Crippen molar-refractivity contribution in [1.82, 2.24) is 4.90 Å². The fourth-order valence-corrected chi connectivity index (χ4v) is 4.88. The maximum Gasteiger partial charge on any atom is 0.295 e. The van der Waals surface area contributed by atoms with Crippen LogP contribution in [0.4, 0.5) is 0 Å². The third-order valence-electron chi connectivity index (χ3n) is 6.35. The Labute approximate surface area is 199 Å². The Morgan fingerprint density at radius 3 is 2.53 bits per heavy atom. The molecule has 0 aliphatic carbocycles. The lowest BCUT2D eigenvalue weighted by atomic mass is 9.93. The second-order valence-corrected chi connectivity index (χ2v) is 8.75. The van der Waals surface area contributed by atoms with Crippen molar-refractivity contribution >= 4 is 17.4 Å². The second kappa shape index (κ2) is 9.89. The molecule has 180 valence electrons. The summed E-state index contributed by atoms with van der Waals surface area (Å²) in [6.07, 6.45) is 1.60. The number of aliphatic hydroxyl groups excluding tert-OH is 1. The number of aryl methyl sites for hydroxylation is 2. The van der Waals surface area contributed by atoms with Crippen LogP contribution in [0.3, 0.4) is 0 Å². The number of Topliss-reactive ketones (excluding diaryl/α,β-unsaturated/α-hetero) is 1. The van der Waals surface area contributed by atoms with Crippen molar-refractivity contribution in [3.63, 3.8) is 0 Å². The average molecular weight is 466 g/mol. The molecule has 2 aromatic carbocycles. The number of ether oxygens (including phenoxy) is 3. The van der Waals surface area contributed by atoms with Gasteiger partial charge in [-0.25, -0.2) is 0 Å². The lowest BCUT2D eigenvalue weighted by Gasteiger charge is -2.27. The van der Waals surface area contributed by atoms with Crippen molar-refractivity contribution < 1.29 is 28.9 Å². The Morgan fingerprint density at radius 2 is 1.91 bits per heavy atom. The lowest BCUT2D eigenvalue weighted by Crippen LogP contribution is -2.36. The van der Waals surface area contributed by atoms with E-state index < -0.39 is 17.7 Å². The van der Waals surface area contributed by atoms with E-state index in [0.717, 1.165) is 24.0 Å². The van der Waals surface area contributed by atoms with Gasteiger partial charge in [0.1, 0.15) is 17.3 Å². The Balaban J connectivity index is 1.86. The summed E-state index contributed by atoms with van der Waals surface area (Å²) in [5.74, 6) is -0.428. The van der Waals surface area contributed by atoms with E-state index in [1.54, 1.807) is 6.07 Å². The molecule has 7 heteroatoms. The van der Waals surface area contributed by atoms with E-state index in [2.05, 4.69) is 0 Å². The largest absolute Gasteiger partial charge is 0.507 e. The minimum atomic E-state index is -0.745. The predicted molar refractivity (Wildman–Crippen MR) is 128 cm³/mol. The smallest absolute Gasteiger partial charge is 0.295 e. The number of carbonyl (C=O) groups is 2. The highest BCUT2D eigenvalue weighted by molar-refractivity contribution is 6.46. The van der Waals surface area contributed by atoms with E-state index in [0.29, 0.717) is 35.8 Å². The van der Waals surface area contributed by atoms with Gasteiger partial charge in [-0.2, -0.15) is 0 Å². The van der Waals surface area contributed by atoms with Gasteiger partial charge in [0.05, 0.1) is 37.0 Å². The number of methoxy groups -OCH3 is 1. The number of nitrogens with zero attached hydrogens (tertiary/aromatic N) is 1. The number of rotatable bonds is 7. The monoisotopic (exact) mass is 465 g/mol. The quantitative estimate of drug-likeness (QED) is 0.373. The Hall–Kier alpha value is -3.32. The third-order valence-corrected chi connectivity index (χ3v) is 6.35. The van der Waals surface area contributed by atoms with E-state index in [1.807, 2.05) is 51.1 Å². The van der Waals surface area contributed by atoms with Gasteiger partial charge in [0, 0.05) is 13.2 Å². The number of aliphatic hydroxyl groups is 1. The zero-order valence-electron chi connectivity index (χ0n) is 20.1. The van der Waals surface area contributed by atoms with Crippen LogP contribution in [0.5, 0.6) is 11.5 Å². The van der Waals surface area contributed by atoms with Crippen LogP contribution < -0.4 is 9.47 Å². The topological polar surface area (TPSA) is 85.3 Å². The summed E-state index contributed by atoms with van der Waals surface area (Å²) in [5, 5.41) is 11.5. The van der Waals surface area contributed by atoms with Crippen molar-refractivity contribution in [1.29, 1.82) is 0 Å². The zero-order chi connectivity index (χ0) is 24.4. The molecule has 2 heterocycles. The Morgan fingerprint density at radius 1 is 1.18 bits per heavy atom. The lowest BCUT2D eigenvalue weighted by molar-refractivity contribution is -0.140.